The molecule has 6 nitrogen and oxygen atoms in total. The SMILES string of the molecule is CC[N+](CC)(CCCCN(Cc1cc2c(cc1Cl)OCO2)C(=O)c1cc2ccccc2cc1OC)Cc1cc(C)cc(C)c1. The predicted molar refractivity (Wildman–Crippen MR) is 178 cm³/mol. The normalized spacial score (nSPS) is 12.5. The van der Waals surface area contributed by atoms with Crippen molar-refractivity contribution in [1.29, 1.82) is 0 Å². The van der Waals surface area contributed by atoms with E-state index in [1.165, 1.54) is 16.7 Å². The Labute approximate surface area is 266 Å². The minimum Gasteiger partial charge on any atom is -0.496 e. The summed E-state index contributed by atoms with van der Waals surface area (Å²) in [6, 6.07) is 22.4. The van der Waals surface area contributed by atoms with E-state index < -0.39 is 0 Å². The van der Waals surface area contributed by atoms with Crippen LogP contribution >= 0.6 is 11.6 Å². The molecule has 1 aliphatic rings. The summed E-state index contributed by atoms with van der Waals surface area (Å²) in [5.41, 5.74) is 5.39. The molecule has 0 aliphatic carbocycles. The van der Waals surface area contributed by atoms with Gasteiger partial charge in [0.15, 0.2) is 11.5 Å². The highest BCUT2D eigenvalue weighted by Crippen LogP contribution is 2.38. The van der Waals surface area contributed by atoms with Crippen molar-refractivity contribution in [3.8, 4) is 17.2 Å². The quantitative estimate of drug-likeness (QED) is 0.112. The van der Waals surface area contributed by atoms with Crippen LogP contribution in [-0.4, -0.2) is 55.4 Å². The summed E-state index contributed by atoms with van der Waals surface area (Å²) in [4.78, 5) is 16.2. The summed E-state index contributed by atoms with van der Waals surface area (Å²) in [6.45, 7) is 14.2. The lowest BCUT2D eigenvalue weighted by molar-refractivity contribution is -0.938. The van der Waals surface area contributed by atoms with E-state index in [0.717, 1.165) is 59.8 Å². The number of halogens is 1. The van der Waals surface area contributed by atoms with E-state index >= 15 is 0 Å². The molecule has 0 aromatic heterocycles. The Morgan fingerprint density at radius 2 is 1.57 bits per heavy atom. The summed E-state index contributed by atoms with van der Waals surface area (Å²) in [6.07, 6.45) is 1.87. The van der Waals surface area contributed by atoms with Crippen LogP contribution in [0.2, 0.25) is 5.02 Å². The molecule has 1 heterocycles. The largest absolute Gasteiger partial charge is 0.496 e. The van der Waals surface area contributed by atoms with E-state index in [9.17, 15) is 4.79 Å². The Balaban J connectivity index is 1.37. The minimum atomic E-state index is -0.0803. The highest BCUT2D eigenvalue weighted by molar-refractivity contribution is 6.31. The number of fused-ring (bicyclic) bond motifs is 2. The zero-order chi connectivity index (χ0) is 31.3. The van der Waals surface area contributed by atoms with Gasteiger partial charge in [-0.05, 0) is 75.1 Å². The van der Waals surface area contributed by atoms with Crippen molar-refractivity contribution < 1.29 is 23.5 Å². The molecule has 0 spiro atoms. The third-order valence-corrected chi connectivity index (χ3v) is 9.29. The molecule has 232 valence electrons. The van der Waals surface area contributed by atoms with Gasteiger partial charge < -0.3 is 23.6 Å². The van der Waals surface area contributed by atoms with Crippen molar-refractivity contribution >= 4 is 28.3 Å². The number of aryl methyl sites for hydroxylation is 2. The van der Waals surface area contributed by atoms with Crippen molar-refractivity contribution in [1.82, 2.24) is 4.90 Å². The van der Waals surface area contributed by atoms with Crippen LogP contribution in [0.1, 0.15) is 59.3 Å². The van der Waals surface area contributed by atoms with Crippen LogP contribution in [0.15, 0.2) is 66.7 Å². The zero-order valence-electron chi connectivity index (χ0n) is 26.6. The standard InChI is InChI=1S/C37H44ClN2O4/c1-6-40(7-2,24-28-17-26(3)16-27(4)18-28)15-11-10-14-39(23-31-21-35-36(22-33(31)38)44-25-43-35)37(41)32-19-29-12-8-9-13-30(29)20-34(32)42-5/h8-9,12-13,16-22H,6-7,10-11,14-15,23-25H2,1-5H3/q+1. The second kappa shape index (κ2) is 13.9. The zero-order valence-corrected chi connectivity index (χ0v) is 27.4. The van der Waals surface area contributed by atoms with Crippen molar-refractivity contribution in [2.75, 3.05) is 40.1 Å². The summed E-state index contributed by atoms with van der Waals surface area (Å²) in [5, 5.41) is 2.58. The molecule has 4 aromatic rings. The number of carbonyl (C=O) groups excluding carboxylic acids is 1. The fourth-order valence-electron chi connectivity index (χ4n) is 6.40. The average Bonchev–Trinajstić information content (AvgIpc) is 3.47. The molecule has 0 saturated carbocycles. The van der Waals surface area contributed by atoms with E-state index in [4.69, 9.17) is 25.8 Å². The van der Waals surface area contributed by atoms with Crippen LogP contribution in [-0.2, 0) is 13.1 Å². The number of benzene rings is 4. The van der Waals surface area contributed by atoms with Crippen LogP contribution in [0.4, 0.5) is 0 Å². The maximum atomic E-state index is 14.3. The van der Waals surface area contributed by atoms with E-state index in [1.54, 1.807) is 13.2 Å². The lowest BCUT2D eigenvalue weighted by Gasteiger charge is -2.37. The van der Waals surface area contributed by atoms with E-state index in [0.29, 0.717) is 40.9 Å². The number of hydrogen-bond acceptors (Lipinski definition) is 4. The Bertz CT molecular complexity index is 1610. The monoisotopic (exact) mass is 615 g/mol. The van der Waals surface area contributed by atoms with Crippen molar-refractivity contribution in [2.45, 2.75) is 53.6 Å². The van der Waals surface area contributed by atoms with Crippen molar-refractivity contribution in [2.24, 2.45) is 0 Å². The highest BCUT2D eigenvalue weighted by atomic mass is 35.5. The van der Waals surface area contributed by atoms with E-state index in [-0.39, 0.29) is 12.7 Å². The number of amides is 1. The predicted octanol–water partition coefficient (Wildman–Crippen LogP) is 8.33. The number of carbonyl (C=O) groups is 1. The molecule has 0 fully saturated rings. The summed E-state index contributed by atoms with van der Waals surface area (Å²) >= 11 is 6.70. The summed E-state index contributed by atoms with van der Waals surface area (Å²) in [5.74, 6) is 1.77. The van der Waals surface area contributed by atoms with E-state index in [1.807, 2.05) is 47.4 Å². The van der Waals surface area contributed by atoms with Gasteiger partial charge in [0.1, 0.15) is 12.3 Å². The molecule has 0 radical (unpaired) electrons. The fraction of sp³-hybridized carbons (Fsp3) is 0.378. The first-order valence-corrected chi connectivity index (χ1v) is 16.0. The lowest BCUT2D eigenvalue weighted by Crippen LogP contribution is -2.47. The second-order valence-electron chi connectivity index (χ2n) is 12.0. The third kappa shape index (κ3) is 7.14. The molecule has 5 rings (SSSR count). The molecular formula is C37H44ClN2O4+. The molecule has 0 bridgehead atoms. The number of ether oxygens (including phenoxy) is 3. The maximum Gasteiger partial charge on any atom is 0.257 e. The topological polar surface area (TPSA) is 48.0 Å². The summed E-state index contributed by atoms with van der Waals surface area (Å²) < 4.78 is 17.9. The van der Waals surface area contributed by atoms with Gasteiger partial charge in [-0.1, -0.05) is 65.2 Å². The molecule has 44 heavy (non-hydrogen) atoms. The van der Waals surface area contributed by atoms with Crippen LogP contribution in [0.25, 0.3) is 10.8 Å². The molecule has 0 N–H and O–H groups in total. The molecule has 0 saturated heterocycles. The van der Waals surface area contributed by atoms with Gasteiger partial charge in [-0.25, -0.2) is 0 Å². The van der Waals surface area contributed by atoms with Crippen molar-refractivity contribution in [3.05, 3.63) is 99.6 Å². The minimum absolute atomic E-state index is 0.0803. The Morgan fingerprint density at radius 3 is 2.23 bits per heavy atom. The van der Waals surface area contributed by atoms with Gasteiger partial charge >= 0.3 is 0 Å². The number of nitrogens with zero attached hydrogens (tertiary/aromatic N) is 2. The lowest BCUT2D eigenvalue weighted by atomic mass is 10.0. The van der Waals surface area contributed by atoms with Gasteiger partial charge in [0.2, 0.25) is 6.79 Å². The number of hydrogen-bond donors (Lipinski definition) is 0. The number of unbranched alkanes of at least 4 members (excludes halogenated alkanes) is 1. The molecule has 1 aliphatic heterocycles. The van der Waals surface area contributed by atoms with Crippen LogP contribution in [0.3, 0.4) is 0 Å². The van der Waals surface area contributed by atoms with Gasteiger partial charge in [-0.3, -0.25) is 4.79 Å². The second-order valence-corrected chi connectivity index (χ2v) is 12.4. The first kappa shape index (κ1) is 31.7. The molecule has 0 atom stereocenters. The van der Waals surface area contributed by atoms with Crippen LogP contribution in [0, 0.1) is 13.8 Å². The van der Waals surface area contributed by atoms with Gasteiger partial charge in [0.05, 0.1) is 32.3 Å². The number of rotatable bonds is 13. The third-order valence-electron chi connectivity index (χ3n) is 8.94. The molecule has 7 heteroatoms. The van der Waals surface area contributed by atoms with Crippen LogP contribution in [0.5, 0.6) is 17.2 Å². The first-order chi connectivity index (χ1) is 21.2. The van der Waals surface area contributed by atoms with E-state index in [2.05, 4.69) is 45.9 Å². The first-order valence-electron chi connectivity index (χ1n) is 15.6. The molecule has 0 unspecified atom stereocenters. The van der Waals surface area contributed by atoms with Crippen molar-refractivity contribution in [3.63, 3.8) is 0 Å². The fourth-order valence-corrected chi connectivity index (χ4v) is 6.62. The number of methoxy groups -OCH3 is 1. The molecular weight excluding hydrogens is 572 g/mol. The molecule has 4 aromatic carbocycles. The summed E-state index contributed by atoms with van der Waals surface area (Å²) in [7, 11) is 1.61. The smallest absolute Gasteiger partial charge is 0.257 e. The average molecular weight is 616 g/mol. The van der Waals surface area contributed by atoms with Crippen LogP contribution < -0.4 is 14.2 Å². The van der Waals surface area contributed by atoms with Gasteiger partial charge in [-0.2, -0.15) is 0 Å². The maximum absolute atomic E-state index is 14.3. The Kier molecular flexibility index (Phi) is 10.0. The van der Waals surface area contributed by atoms with Gasteiger partial charge in [0.25, 0.3) is 5.91 Å². The Hall–Kier alpha value is -3.74. The van der Waals surface area contributed by atoms with Gasteiger partial charge in [0, 0.05) is 29.7 Å². The van der Waals surface area contributed by atoms with Gasteiger partial charge in [-0.15, -0.1) is 0 Å². The highest BCUT2D eigenvalue weighted by Gasteiger charge is 2.26. The molecule has 1 amide bonds. The Morgan fingerprint density at radius 1 is 0.909 bits per heavy atom. The number of quaternary nitrogens is 1.